The fraction of sp³-hybridized carbons (Fsp3) is 0.889. The van der Waals surface area contributed by atoms with Gasteiger partial charge < -0.3 is 20.7 Å². The normalized spacial score (nSPS) is 29.0. The van der Waals surface area contributed by atoms with Crippen molar-refractivity contribution in [1.82, 2.24) is 0 Å². The summed E-state index contributed by atoms with van der Waals surface area (Å²) in [6.07, 6.45) is 0.688. The maximum Gasteiger partial charge on any atom is 0.303 e. The first-order chi connectivity index (χ1) is 6.69. The number of carboxylic acids is 1. The van der Waals surface area contributed by atoms with Crippen LogP contribution in [0.4, 0.5) is 0 Å². The lowest BCUT2D eigenvalue weighted by atomic mass is 9.85. The van der Waals surface area contributed by atoms with Crippen LogP contribution in [0.2, 0.25) is 0 Å². The Bertz CT molecular complexity index is 197. The molecule has 5 heteroatoms. The van der Waals surface area contributed by atoms with Gasteiger partial charge in [-0.15, -0.1) is 0 Å². The Labute approximate surface area is 82.9 Å². The number of nitrogens with two attached hydrogens (primary N) is 1. The number of aliphatic hydroxyl groups excluding tert-OH is 1. The predicted octanol–water partition coefficient (Wildman–Crippen LogP) is -0.567. The fourth-order valence-electron chi connectivity index (χ4n) is 2.02. The molecule has 0 aromatic carbocycles. The molecule has 0 radical (unpaired) electrons. The second-order valence-electron chi connectivity index (χ2n) is 3.64. The van der Waals surface area contributed by atoms with Crippen LogP contribution in [0.25, 0.3) is 0 Å². The van der Waals surface area contributed by atoms with Crippen molar-refractivity contribution >= 4 is 5.97 Å². The Hall–Kier alpha value is -0.650. The first-order valence-corrected chi connectivity index (χ1v) is 4.83. The number of carbonyl (C=O) groups is 1. The highest BCUT2D eigenvalue weighted by atomic mass is 16.5. The zero-order valence-corrected chi connectivity index (χ0v) is 8.06. The zero-order chi connectivity index (χ0) is 10.6. The van der Waals surface area contributed by atoms with Crippen LogP contribution in [0.5, 0.6) is 0 Å². The van der Waals surface area contributed by atoms with E-state index in [2.05, 4.69) is 0 Å². The molecule has 0 aromatic rings. The van der Waals surface area contributed by atoms with Crippen LogP contribution >= 0.6 is 0 Å². The van der Waals surface area contributed by atoms with Gasteiger partial charge in [0.25, 0.3) is 0 Å². The van der Waals surface area contributed by atoms with Crippen LogP contribution in [0.15, 0.2) is 0 Å². The molecule has 0 amide bonds. The van der Waals surface area contributed by atoms with Gasteiger partial charge in [-0.1, -0.05) is 0 Å². The van der Waals surface area contributed by atoms with Gasteiger partial charge in [0.2, 0.25) is 0 Å². The summed E-state index contributed by atoms with van der Waals surface area (Å²) in [5.74, 6) is -1.03. The molecule has 1 aliphatic heterocycles. The average molecular weight is 203 g/mol. The quantitative estimate of drug-likeness (QED) is 0.556. The van der Waals surface area contributed by atoms with Crippen molar-refractivity contribution in [2.45, 2.75) is 18.9 Å². The minimum atomic E-state index is -0.883. The maximum atomic E-state index is 10.5. The summed E-state index contributed by atoms with van der Waals surface area (Å²) < 4.78 is 5.35. The summed E-state index contributed by atoms with van der Waals surface area (Å²) in [6, 6.07) is 0. The Kier molecular flexibility index (Phi) is 4.31. The second-order valence-corrected chi connectivity index (χ2v) is 3.64. The number of aliphatic hydroxyl groups is 1. The molecule has 1 saturated heterocycles. The van der Waals surface area contributed by atoms with Gasteiger partial charge in [-0.05, 0) is 18.3 Å². The first-order valence-electron chi connectivity index (χ1n) is 4.83. The molecule has 0 aromatic heterocycles. The summed E-state index contributed by atoms with van der Waals surface area (Å²) >= 11 is 0. The van der Waals surface area contributed by atoms with E-state index in [9.17, 15) is 4.79 Å². The molecule has 5 nitrogen and oxygen atoms in total. The molecule has 0 spiro atoms. The van der Waals surface area contributed by atoms with E-state index >= 15 is 0 Å². The maximum absolute atomic E-state index is 10.5. The van der Waals surface area contributed by atoms with Gasteiger partial charge in [-0.2, -0.15) is 0 Å². The van der Waals surface area contributed by atoms with Gasteiger partial charge in [0.1, 0.15) is 0 Å². The number of ether oxygens (including phenoxy) is 1. The zero-order valence-electron chi connectivity index (χ0n) is 8.06. The van der Waals surface area contributed by atoms with Crippen LogP contribution in [0, 0.1) is 11.8 Å². The lowest BCUT2D eigenvalue weighted by Gasteiger charge is -2.23. The first kappa shape index (κ1) is 11.4. The third kappa shape index (κ3) is 2.67. The van der Waals surface area contributed by atoms with Crippen molar-refractivity contribution in [1.29, 1.82) is 0 Å². The molecule has 1 fully saturated rings. The Balaban J connectivity index is 2.54. The predicted molar refractivity (Wildman–Crippen MR) is 49.7 cm³/mol. The molecular formula is C9H17NO4. The lowest BCUT2D eigenvalue weighted by molar-refractivity contribution is -0.139. The molecule has 0 bridgehead atoms. The smallest absolute Gasteiger partial charge is 0.303 e. The van der Waals surface area contributed by atoms with Crippen molar-refractivity contribution in [2.24, 2.45) is 17.6 Å². The minimum Gasteiger partial charge on any atom is -0.481 e. The van der Waals surface area contributed by atoms with E-state index in [-0.39, 0.29) is 31.0 Å². The van der Waals surface area contributed by atoms with Gasteiger partial charge in [-0.25, -0.2) is 0 Å². The number of hydrogen-bond acceptors (Lipinski definition) is 4. The topological polar surface area (TPSA) is 92.8 Å². The van der Waals surface area contributed by atoms with Crippen LogP contribution in [-0.2, 0) is 9.53 Å². The van der Waals surface area contributed by atoms with Crippen molar-refractivity contribution in [3.8, 4) is 0 Å². The van der Waals surface area contributed by atoms with Crippen LogP contribution in [0.1, 0.15) is 12.8 Å². The molecule has 1 heterocycles. The standard InChI is InChI=1S/C9H17NO4/c10-4-8-7(1-2-14-8)6(5-11)3-9(12)13/h6-8,11H,1-5,10H2,(H,12,13). The largest absolute Gasteiger partial charge is 0.481 e. The van der Waals surface area contributed by atoms with E-state index in [0.29, 0.717) is 13.2 Å². The number of hydrogen-bond donors (Lipinski definition) is 3. The lowest BCUT2D eigenvalue weighted by Crippen LogP contribution is -2.33. The minimum absolute atomic E-state index is 0.0129. The average Bonchev–Trinajstić information content (AvgIpc) is 2.61. The molecular weight excluding hydrogens is 186 g/mol. The molecule has 4 N–H and O–H groups in total. The van der Waals surface area contributed by atoms with Gasteiger partial charge in [0.15, 0.2) is 0 Å². The highest BCUT2D eigenvalue weighted by molar-refractivity contribution is 5.67. The van der Waals surface area contributed by atoms with Crippen LogP contribution < -0.4 is 5.73 Å². The van der Waals surface area contributed by atoms with E-state index in [4.69, 9.17) is 20.7 Å². The number of rotatable bonds is 5. The molecule has 1 rings (SSSR count). The molecule has 1 aliphatic rings. The van der Waals surface area contributed by atoms with E-state index < -0.39 is 5.97 Å². The van der Waals surface area contributed by atoms with E-state index in [1.165, 1.54) is 0 Å². The highest BCUT2D eigenvalue weighted by Gasteiger charge is 2.34. The Morgan fingerprint density at radius 1 is 1.64 bits per heavy atom. The monoisotopic (exact) mass is 203 g/mol. The van der Waals surface area contributed by atoms with E-state index in [1.54, 1.807) is 0 Å². The number of aliphatic carboxylic acids is 1. The van der Waals surface area contributed by atoms with Crippen molar-refractivity contribution in [3.05, 3.63) is 0 Å². The summed E-state index contributed by atoms with van der Waals surface area (Å²) in [4.78, 5) is 10.5. The summed E-state index contributed by atoms with van der Waals surface area (Å²) in [5, 5.41) is 17.7. The van der Waals surface area contributed by atoms with Crippen LogP contribution in [-0.4, -0.2) is 42.0 Å². The SMILES string of the molecule is NCC1OCCC1C(CO)CC(=O)O. The summed E-state index contributed by atoms with van der Waals surface area (Å²) in [7, 11) is 0. The third-order valence-corrected chi connectivity index (χ3v) is 2.77. The van der Waals surface area contributed by atoms with E-state index in [1.807, 2.05) is 0 Å². The van der Waals surface area contributed by atoms with Crippen LogP contribution in [0.3, 0.4) is 0 Å². The molecule has 3 atom stereocenters. The fourth-order valence-corrected chi connectivity index (χ4v) is 2.02. The number of carboxylic acid groups (broad SMARTS) is 1. The van der Waals surface area contributed by atoms with Gasteiger partial charge in [-0.3, -0.25) is 4.79 Å². The third-order valence-electron chi connectivity index (χ3n) is 2.77. The van der Waals surface area contributed by atoms with Gasteiger partial charge >= 0.3 is 5.97 Å². The van der Waals surface area contributed by atoms with Crippen molar-refractivity contribution in [3.63, 3.8) is 0 Å². The Morgan fingerprint density at radius 2 is 2.36 bits per heavy atom. The second kappa shape index (κ2) is 5.29. The molecule has 0 saturated carbocycles. The molecule has 82 valence electrons. The van der Waals surface area contributed by atoms with Gasteiger partial charge in [0.05, 0.1) is 12.5 Å². The molecule has 0 aliphatic carbocycles. The van der Waals surface area contributed by atoms with Gasteiger partial charge in [0, 0.05) is 19.8 Å². The summed E-state index contributed by atoms with van der Waals surface area (Å²) in [5.41, 5.74) is 5.49. The molecule has 3 unspecified atom stereocenters. The van der Waals surface area contributed by atoms with Crippen molar-refractivity contribution in [2.75, 3.05) is 19.8 Å². The molecule has 14 heavy (non-hydrogen) atoms. The Morgan fingerprint density at radius 3 is 2.86 bits per heavy atom. The van der Waals surface area contributed by atoms with E-state index in [0.717, 1.165) is 6.42 Å². The summed E-state index contributed by atoms with van der Waals surface area (Å²) in [6.45, 7) is 0.889. The van der Waals surface area contributed by atoms with Crippen molar-refractivity contribution < 1.29 is 19.7 Å². The highest BCUT2D eigenvalue weighted by Crippen LogP contribution is 2.29.